The number of pyridine rings is 2. The van der Waals surface area contributed by atoms with Crippen molar-refractivity contribution in [2.24, 2.45) is 0 Å². The summed E-state index contributed by atoms with van der Waals surface area (Å²) in [6.07, 6.45) is 1.54. The number of carbonyl (C=O) groups is 1. The minimum Gasteiger partial charge on any atom is -0.439 e. The van der Waals surface area contributed by atoms with Crippen LogP contribution in [0.25, 0.3) is 0 Å². The molecule has 2 aromatic rings. The number of carbonyl (C=O) groups excluding carboxylic acids is 1. The van der Waals surface area contributed by atoms with Crippen LogP contribution in [0, 0.1) is 0 Å². The van der Waals surface area contributed by atoms with Crippen molar-refractivity contribution in [3.8, 4) is 11.6 Å². The molecule has 0 aromatic carbocycles. The van der Waals surface area contributed by atoms with Crippen molar-refractivity contribution >= 4 is 23.2 Å². The smallest absolute Gasteiger partial charge is 0.222 e. The maximum Gasteiger partial charge on any atom is 0.222 e. The lowest BCUT2D eigenvalue weighted by atomic mass is 10.4. The van der Waals surface area contributed by atoms with Crippen LogP contribution in [0.2, 0.25) is 0 Å². The zero-order valence-corrected chi connectivity index (χ0v) is 11.2. The molecule has 0 atom stereocenters. The monoisotopic (exact) mass is 273 g/mol. The summed E-state index contributed by atoms with van der Waals surface area (Å²) in [6, 6.07) is 6.64. The Morgan fingerprint density at radius 1 is 1.35 bits per heavy atom. The third-order valence-corrected chi connectivity index (χ3v) is 2.40. The highest BCUT2D eigenvalue weighted by atomic mass is 16.5. The molecule has 2 rings (SSSR count). The van der Waals surface area contributed by atoms with Gasteiger partial charge in [0.1, 0.15) is 11.6 Å². The number of rotatable bonds is 4. The molecule has 0 fully saturated rings. The van der Waals surface area contributed by atoms with Crippen LogP contribution in [0.4, 0.5) is 17.3 Å². The van der Waals surface area contributed by atoms with Gasteiger partial charge in [-0.3, -0.25) is 4.79 Å². The van der Waals surface area contributed by atoms with Gasteiger partial charge in [-0.05, 0) is 12.1 Å². The fourth-order valence-electron chi connectivity index (χ4n) is 1.55. The summed E-state index contributed by atoms with van der Waals surface area (Å²) < 4.78 is 5.60. The molecule has 4 N–H and O–H groups in total. The summed E-state index contributed by atoms with van der Waals surface area (Å²) in [5.41, 5.74) is 6.27. The Morgan fingerprint density at radius 3 is 2.85 bits per heavy atom. The Labute approximate surface area is 116 Å². The van der Waals surface area contributed by atoms with Crippen molar-refractivity contribution in [3.05, 3.63) is 30.5 Å². The van der Waals surface area contributed by atoms with Crippen LogP contribution in [0.5, 0.6) is 11.6 Å². The van der Waals surface area contributed by atoms with Crippen molar-refractivity contribution in [1.29, 1.82) is 0 Å². The van der Waals surface area contributed by atoms with Gasteiger partial charge in [0.25, 0.3) is 0 Å². The number of hydrogen-bond acceptors (Lipinski definition) is 6. The lowest BCUT2D eigenvalue weighted by Gasteiger charge is -2.09. The topological polar surface area (TPSA) is 102 Å². The molecule has 104 valence electrons. The molecule has 0 aliphatic rings. The van der Waals surface area contributed by atoms with Crippen LogP contribution in [0.1, 0.15) is 6.92 Å². The van der Waals surface area contributed by atoms with E-state index in [4.69, 9.17) is 10.5 Å². The predicted octanol–water partition coefficient (Wildman–Crippen LogP) is 1.85. The van der Waals surface area contributed by atoms with E-state index in [2.05, 4.69) is 20.6 Å². The van der Waals surface area contributed by atoms with Gasteiger partial charge in [-0.1, -0.05) is 0 Å². The number of nitrogens with two attached hydrogens (primary N) is 1. The molecule has 0 aliphatic carbocycles. The summed E-state index contributed by atoms with van der Waals surface area (Å²) in [5.74, 6) is 1.67. The second kappa shape index (κ2) is 5.87. The van der Waals surface area contributed by atoms with E-state index >= 15 is 0 Å². The van der Waals surface area contributed by atoms with Gasteiger partial charge in [0.15, 0.2) is 5.82 Å². The first-order valence-corrected chi connectivity index (χ1v) is 5.94. The number of nitrogens with one attached hydrogen (secondary N) is 2. The molecular formula is C13H15N5O2. The van der Waals surface area contributed by atoms with Gasteiger partial charge in [-0.15, -0.1) is 0 Å². The molecule has 1 amide bonds. The molecule has 7 nitrogen and oxygen atoms in total. The maximum absolute atomic E-state index is 11.0. The molecule has 0 bridgehead atoms. The Morgan fingerprint density at radius 2 is 2.15 bits per heavy atom. The first-order chi connectivity index (χ1) is 9.58. The number of anilines is 3. The van der Waals surface area contributed by atoms with Gasteiger partial charge in [0.05, 0.1) is 5.69 Å². The van der Waals surface area contributed by atoms with E-state index in [-0.39, 0.29) is 5.91 Å². The van der Waals surface area contributed by atoms with Crippen molar-refractivity contribution in [2.45, 2.75) is 6.92 Å². The van der Waals surface area contributed by atoms with Gasteiger partial charge in [-0.2, -0.15) is 4.98 Å². The van der Waals surface area contributed by atoms with Crippen LogP contribution in [-0.4, -0.2) is 22.9 Å². The third-order valence-electron chi connectivity index (χ3n) is 2.40. The van der Waals surface area contributed by atoms with Crippen LogP contribution in [0.3, 0.4) is 0 Å². The molecule has 0 unspecified atom stereocenters. The Bertz CT molecular complexity index is 630. The van der Waals surface area contributed by atoms with Crippen molar-refractivity contribution in [2.75, 3.05) is 23.4 Å². The number of nitrogen functional groups attached to an aromatic ring is 1. The normalized spacial score (nSPS) is 9.90. The van der Waals surface area contributed by atoms with E-state index in [9.17, 15) is 4.79 Å². The lowest BCUT2D eigenvalue weighted by molar-refractivity contribution is -0.114. The van der Waals surface area contributed by atoms with Gasteiger partial charge < -0.3 is 21.1 Å². The quantitative estimate of drug-likeness (QED) is 0.785. The zero-order valence-electron chi connectivity index (χ0n) is 11.2. The van der Waals surface area contributed by atoms with E-state index in [1.165, 1.54) is 13.1 Å². The van der Waals surface area contributed by atoms with Crippen LogP contribution in [-0.2, 0) is 4.79 Å². The first kappa shape index (κ1) is 13.6. The summed E-state index contributed by atoms with van der Waals surface area (Å²) in [4.78, 5) is 19.2. The number of ether oxygens (including phenoxy) is 1. The molecule has 0 saturated carbocycles. The average molecular weight is 273 g/mol. The highest BCUT2D eigenvalue weighted by Crippen LogP contribution is 2.25. The van der Waals surface area contributed by atoms with Gasteiger partial charge in [-0.25, -0.2) is 4.98 Å². The minimum absolute atomic E-state index is 0.197. The van der Waals surface area contributed by atoms with E-state index in [1.54, 1.807) is 31.3 Å². The zero-order chi connectivity index (χ0) is 14.5. The average Bonchev–Trinajstić information content (AvgIpc) is 2.40. The second-order valence-corrected chi connectivity index (χ2v) is 4.00. The Kier molecular flexibility index (Phi) is 3.99. The molecule has 0 aliphatic heterocycles. The standard InChI is InChI=1S/C13H15N5O2/c1-8(19)17-11-7-9(5-6-16-11)20-12-4-3-10(14)13(15-2)18-12/h3-7H,14H2,1-2H3,(H,15,18)(H,16,17,19). The maximum atomic E-state index is 11.0. The van der Waals surface area contributed by atoms with Crippen molar-refractivity contribution < 1.29 is 9.53 Å². The SMILES string of the molecule is CNc1nc(Oc2ccnc(NC(C)=O)c2)ccc1N. The van der Waals surface area contributed by atoms with Gasteiger partial charge in [0.2, 0.25) is 11.8 Å². The number of hydrogen-bond donors (Lipinski definition) is 3. The fourth-order valence-corrected chi connectivity index (χ4v) is 1.55. The fraction of sp³-hybridized carbons (Fsp3) is 0.154. The van der Waals surface area contributed by atoms with Crippen LogP contribution < -0.4 is 21.1 Å². The Balaban J connectivity index is 2.19. The largest absolute Gasteiger partial charge is 0.439 e. The molecule has 0 radical (unpaired) electrons. The van der Waals surface area contributed by atoms with Crippen molar-refractivity contribution in [3.63, 3.8) is 0 Å². The van der Waals surface area contributed by atoms with E-state index in [0.29, 0.717) is 29.0 Å². The third kappa shape index (κ3) is 3.35. The van der Waals surface area contributed by atoms with Gasteiger partial charge in [0, 0.05) is 32.3 Å². The van der Waals surface area contributed by atoms with Crippen molar-refractivity contribution in [1.82, 2.24) is 9.97 Å². The van der Waals surface area contributed by atoms with E-state index < -0.39 is 0 Å². The summed E-state index contributed by atoms with van der Waals surface area (Å²) >= 11 is 0. The highest BCUT2D eigenvalue weighted by Gasteiger charge is 2.05. The highest BCUT2D eigenvalue weighted by molar-refractivity contribution is 5.87. The summed E-state index contributed by atoms with van der Waals surface area (Å²) in [7, 11) is 1.73. The second-order valence-electron chi connectivity index (χ2n) is 4.00. The number of aromatic nitrogens is 2. The van der Waals surface area contributed by atoms with E-state index in [1.807, 2.05) is 0 Å². The van der Waals surface area contributed by atoms with Crippen LogP contribution in [0.15, 0.2) is 30.5 Å². The molecule has 2 aromatic heterocycles. The molecule has 2 heterocycles. The first-order valence-electron chi connectivity index (χ1n) is 5.94. The Hall–Kier alpha value is -2.83. The molecular weight excluding hydrogens is 258 g/mol. The predicted molar refractivity (Wildman–Crippen MR) is 76.8 cm³/mol. The lowest BCUT2D eigenvalue weighted by Crippen LogP contribution is -2.07. The number of nitrogens with zero attached hydrogens (tertiary/aromatic N) is 2. The summed E-state index contributed by atoms with van der Waals surface area (Å²) in [5, 5.41) is 5.45. The molecule has 0 saturated heterocycles. The molecule has 0 spiro atoms. The number of amides is 1. The van der Waals surface area contributed by atoms with E-state index in [0.717, 1.165) is 0 Å². The minimum atomic E-state index is -0.197. The van der Waals surface area contributed by atoms with Crippen LogP contribution >= 0.6 is 0 Å². The summed E-state index contributed by atoms with van der Waals surface area (Å²) in [6.45, 7) is 1.41. The molecule has 7 heteroatoms. The van der Waals surface area contributed by atoms with Gasteiger partial charge >= 0.3 is 0 Å². The molecule has 20 heavy (non-hydrogen) atoms.